The van der Waals surface area contributed by atoms with Crippen LogP contribution < -0.4 is 10.6 Å². The molecule has 9 heteroatoms. The van der Waals surface area contributed by atoms with Crippen LogP contribution in [0.1, 0.15) is 35.7 Å². The average Bonchev–Trinajstić information content (AvgIpc) is 2.72. The van der Waals surface area contributed by atoms with E-state index in [-0.39, 0.29) is 16.9 Å². The van der Waals surface area contributed by atoms with Crippen LogP contribution in [-0.2, 0) is 9.53 Å². The Balaban J connectivity index is 1.99. The molecule has 0 aliphatic rings. The van der Waals surface area contributed by atoms with Crippen LogP contribution >= 0.6 is 0 Å². The number of nitro groups is 1. The summed E-state index contributed by atoms with van der Waals surface area (Å²) in [5.41, 5.74) is 0.696. The number of benzene rings is 2. The highest BCUT2D eigenvalue weighted by molar-refractivity contribution is 5.99. The third-order valence-corrected chi connectivity index (χ3v) is 3.94. The zero-order valence-corrected chi connectivity index (χ0v) is 15.8. The number of carbonyl (C=O) groups is 2. The van der Waals surface area contributed by atoms with Gasteiger partial charge >= 0.3 is 5.97 Å². The smallest absolute Gasteiger partial charge is 0.340 e. The van der Waals surface area contributed by atoms with Crippen LogP contribution in [0.5, 0.6) is 0 Å². The molecular weight excluding hydrogens is 376 g/mol. The number of esters is 1. The van der Waals surface area contributed by atoms with Crippen molar-refractivity contribution in [2.75, 3.05) is 23.8 Å². The molecule has 29 heavy (non-hydrogen) atoms. The second kappa shape index (κ2) is 10.4. The maximum Gasteiger partial charge on any atom is 0.340 e. The second-order valence-corrected chi connectivity index (χ2v) is 6.05. The van der Waals surface area contributed by atoms with Gasteiger partial charge in [0.1, 0.15) is 6.07 Å². The second-order valence-electron chi connectivity index (χ2n) is 6.05. The Morgan fingerprint density at radius 1 is 1.21 bits per heavy atom. The van der Waals surface area contributed by atoms with E-state index in [4.69, 9.17) is 10.00 Å². The van der Waals surface area contributed by atoms with Gasteiger partial charge in [-0.2, -0.15) is 5.26 Å². The van der Waals surface area contributed by atoms with Gasteiger partial charge in [0.2, 0.25) is 0 Å². The SMILES string of the molecule is CCCCNc1ccccc1C(=O)OCC(=O)Nc1ccc([N+](=O)[O-])cc1C#N. The maximum atomic E-state index is 12.3. The monoisotopic (exact) mass is 396 g/mol. The molecule has 0 aliphatic heterocycles. The van der Waals surface area contributed by atoms with Gasteiger partial charge in [0.15, 0.2) is 6.61 Å². The van der Waals surface area contributed by atoms with E-state index >= 15 is 0 Å². The number of ether oxygens (including phenoxy) is 1. The van der Waals surface area contributed by atoms with Crippen LogP contribution in [0, 0.1) is 21.4 Å². The summed E-state index contributed by atoms with van der Waals surface area (Å²) in [6, 6.07) is 12.1. The number of nitrogens with zero attached hydrogens (tertiary/aromatic N) is 2. The number of unbranched alkanes of at least 4 members (excludes halogenated alkanes) is 1. The van der Waals surface area contributed by atoms with Crippen molar-refractivity contribution in [2.24, 2.45) is 0 Å². The number of non-ortho nitro benzene ring substituents is 1. The molecule has 0 unspecified atom stereocenters. The number of nitro benzene ring substituents is 1. The molecule has 2 rings (SSSR count). The summed E-state index contributed by atoms with van der Waals surface area (Å²) >= 11 is 0. The maximum absolute atomic E-state index is 12.3. The first-order chi connectivity index (χ1) is 14.0. The van der Waals surface area contributed by atoms with Gasteiger partial charge in [-0.1, -0.05) is 25.5 Å². The zero-order chi connectivity index (χ0) is 21.2. The quantitative estimate of drug-likeness (QED) is 0.287. The van der Waals surface area contributed by atoms with Crippen LogP contribution in [-0.4, -0.2) is 30.0 Å². The number of carbonyl (C=O) groups excluding carboxylic acids is 2. The highest BCUT2D eigenvalue weighted by atomic mass is 16.6. The minimum absolute atomic E-state index is 0.0654. The molecule has 1 amide bonds. The van der Waals surface area contributed by atoms with Gasteiger partial charge in [-0.3, -0.25) is 14.9 Å². The predicted molar refractivity (Wildman–Crippen MR) is 107 cm³/mol. The first kappa shape index (κ1) is 21.4. The van der Waals surface area contributed by atoms with Gasteiger partial charge in [-0.05, 0) is 24.6 Å². The van der Waals surface area contributed by atoms with Gasteiger partial charge in [-0.25, -0.2) is 4.79 Å². The molecule has 0 atom stereocenters. The fourth-order valence-corrected chi connectivity index (χ4v) is 2.46. The summed E-state index contributed by atoms with van der Waals surface area (Å²) in [7, 11) is 0. The van der Waals surface area contributed by atoms with Crippen LogP contribution in [0.25, 0.3) is 0 Å². The topological polar surface area (TPSA) is 134 Å². The number of hydrogen-bond donors (Lipinski definition) is 2. The normalized spacial score (nSPS) is 9.93. The molecule has 0 aromatic heterocycles. The number of nitriles is 1. The fourth-order valence-electron chi connectivity index (χ4n) is 2.46. The van der Waals surface area contributed by atoms with Crippen LogP contribution in [0.15, 0.2) is 42.5 Å². The van der Waals surface area contributed by atoms with E-state index in [9.17, 15) is 19.7 Å². The molecule has 150 valence electrons. The lowest BCUT2D eigenvalue weighted by molar-refractivity contribution is -0.384. The minimum atomic E-state index is -0.667. The van der Waals surface area contributed by atoms with E-state index in [0.717, 1.165) is 18.9 Å². The van der Waals surface area contributed by atoms with Gasteiger partial charge < -0.3 is 15.4 Å². The Morgan fingerprint density at radius 2 is 1.97 bits per heavy atom. The summed E-state index contributed by atoms with van der Waals surface area (Å²) in [5.74, 6) is -1.33. The van der Waals surface area contributed by atoms with Crippen molar-refractivity contribution in [3.8, 4) is 6.07 Å². The summed E-state index contributed by atoms with van der Waals surface area (Å²) in [6.45, 7) is 2.20. The first-order valence-corrected chi connectivity index (χ1v) is 8.94. The largest absolute Gasteiger partial charge is 0.452 e. The summed E-state index contributed by atoms with van der Waals surface area (Å²) < 4.78 is 5.06. The molecule has 2 aromatic carbocycles. The van der Waals surface area contributed by atoms with Crippen LogP contribution in [0.2, 0.25) is 0 Å². The van der Waals surface area contributed by atoms with Crippen molar-refractivity contribution in [3.63, 3.8) is 0 Å². The average molecular weight is 396 g/mol. The number of anilines is 2. The molecule has 0 aliphatic carbocycles. The van der Waals surface area contributed by atoms with Crippen molar-refractivity contribution in [1.29, 1.82) is 5.26 Å². The van der Waals surface area contributed by atoms with E-state index in [2.05, 4.69) is 17.6 Å². The lowest BCUT2D eigenvalue weighted by atomic mass is 10.1. The van der Waals surface area contributed by atoms with E-state index in [1.54, 1.807) is 30.3 Å². The van der Waals surface area contributed by atoms with E-state index < -0.39 is 23.4 Å². The summed E-state index contributed by atoms with van der Waals surface area (Å²) in [4.78, 5) is 34.5. The number of nitrogens with one attached hydrogen (secondary N) is 2. The number of amides is 1. The van der Waals surface area contributed by atoms with Gasteiger partial charge in [0, 0.05) is 24.4 Å². The van der Waals surface area contributed by atoms with Gasteiger partial charge in [0.05, 0.1) is 21.7 Å². The third kappa shape index (κ3) is 6.04. The van der Waals surface area contributed by atoms with Crippen molar-refractivity contribution in [1.82, 2.24) is 0 Å². The van der Waals surface area contributed by atoms with E-state index in [0.29, 0.717) is 17.8 Å². The van der Waals surface area contributed by atoms with Gasteiger partial charge in [0.25, 0.3) is 11.6 Å². The molecule has 0 bridgehead atoms. The number of para-hydroxylation sites is 1. The molecule has 0 fully saturated rings. The molecule has 2 N–H and O–H groups in total. The van der Waals surface area contributed by atoms with E-state index in [1.165, 1.54) is 12.1 Å². The van der Waals surface area contributed by atoms with Crippen molar-refractivity contribution < 1.29 is 19.2 Å². The Morgan fingerprint density at radius 3 is 2.66 bits per heavy atom. The molecule has 0 heterocycles. The molecular formula is C20H20N4O5. The molecule has 9 nitrogen and oxygen atoms in total. The lowest BCUT2D eigenvalue weighted by Gasteiger charge is -2.12. The Kier molecular flexibility index (Phi) is 7.68. The zero-order valence-electron chi connectivity index (χ0n) is 15.8. The van der Waals surface area contributed by atoms with Crippen molar-refractivity contribution >= 4 is 28.9 Å². The summed E-state index contributed by atoms with van der Waals surface area (Å²) in [5, 5.41) is 25.5. The van der Waals surface area contributed by atoms with Crippen LogP contribution in [0.3, 0.4) is 0 Å². The lowest BCUT2D eigenvalue weighted by Crippen LogP contribution is -2.22. The summed E-state index contributed by atoms with van der Waals surface area (Å²) in [6.07, 6.45) is 1.95. The van der Waals surface area contributed by atoms with E-state index in [1.807, 2.05) is 0 Å². The molecule has 0 saturated heterocycles. The number of rotatable bonds is 9. The Hall–Kier alpha value is -3.93. The highest BCUT2D eigenvalue weighted by Gasteiger charge is 2.16. The van der Waals surface area contributed by atoms with Gasteiger partial charge in [-0.15, -0.1) is 0 Å². The predicted octanol–water partition coefficient (Wildman–Crippen LogP) is 3.47. The van der Waals surface area contributed by atoms with Crippen molar-refractivity contribution in [3.05, 3.63) is 63.7 Å². The standard InChI is InChI=1S/C20H20N4O5/c1-2-3-10-22-18-7-5-4-6-16(18)20(26)29-13-19(25)23-17-9-8-15(24(27)28)11-14(17)12-21/h4-9,11,22H,2-3,10,13H2,1H3,(H,23,25). The minimum Gasteiger partial charge on any atom is -0.452 e. The van der Waals surface area contributed by atoms with Crippen LogP contribution in [0.4, 0.5) is 17.1 Å². The van der Waals surface area contributed by atoms with Crippen molar-refractivity contribution in [2.45, 2.75) is 19.8 Å². The first-order valence-electron chi connectivity index (χ1n) is 8.94. The molecule has 0 radical (unpaired) electrons. The Labute approximate surface area is 167 Å². The fraction of sp³-hybridized carbons (Fsp3) is 0.250. The molecule has 0 spiro atoms. The molecule has 0 saturated carbocycles. The number of hydrogen-bond acceptors (Lipinski definition) is 7. The Bertz CT molecular complexity index is 952. The highest BCUT2D eigenvalue weighted by Crippen LogP contribution is 2.21. The third-order valence-electron chi connectivity index (χ3n) is 3.94. The molecule has 2 aromatic rings.